The van der Waals surface area contributed by atoms with E-state index >= 15 is 0 Å². The number of hydrogen-bond donors (Lipinski definition) is 2. The van der Waals surface area contributed by atoms with E-state index in [0.29, 0.717) is 18.2 Å². The van der Waals surface area contributed by atoms with Crippen molar-refractivity contribution in [3.8, 4) is 5.75 Å². The monoisotopic (exact) mass is 262 g/mol. The molecule has 3 N–H and O–H groups in total. The summed E-state index contributed by atoms with van der Waals surface area (Å²) in [7, 11) is 0. The molecular weight excluding hydrogens is 245 g/mol. The van der Waals surface area contributed by atoms with E-state index in [2.05, 4.69) is 10.1 Å². The Balaban J connectivity index is 2.50. The zero-order valence-corrected chi connectivity index (χ0v) is 10.3. The summed E-state index contributed by atoms with van der Waals surface area (Å²) in [6, 6.07) is 5.56. The van der Waals surface area contributed by atoms with E-state index in [1.54, 1.807) is 0 Å². The summed E-state index contributed by atoms with van der Waals surface area (Å²) < 4.78 is 39.6. The van der Waals surface area contributed by atoms with Crippen molar-refractivity contribution in [2.24, 2.45) is 11.7 Å². The lowest BCUT2D eigenvalue weighted by Gasteiger charge is -2.17. The van der Waals surface area contributed by atoms with Gasteiger partial charge in [-0.25, -0.2) is 0 Å². The number of benzene rings is 1. The first kappa shape index (κ1) is 14.6. The van der Waals surface area contributed by atoms with E-state index in [0.717, 1.165) is 0 Å². The van der Waals surface area contributed by atoms with Gasteiger partial charge in [-0.1, -0.05) is 13.8 Å². The second-order valence-corrected chi connectivity index (χ2v) is 4.36. The van der Waals surface area contributed by atoms with Crippen LogP contribution in [-0.4, -0.2) is 18.9 Å². The molecule has 0 aromatic heterocycles. The van der Waals surface area contributed by atoms with Gasteiger partial charge in [-0.05, 0) is 30.2 Å². The summed E-state index contributed by atoms with van der Waals surface area (Å²) in [5.41, 5.74) is 6.55. The van der Waals surface area contributed by atoms with Crippen LogP contribution in [0.3, 0.4) is 0 Å². The van der Waals surface area contributed by atoms with Crippen molar-refractivity contribution >= 4 is 5.69 Å². The lowest BCUT2D eigenvalue weighted by Crippen LogP contribution is -2.33. The minimum absolute atomic E-state index is 0.00361. The predicted molar refractivity (Wildman–Crippen MR) is 64.4 cm³/mol. The third-order valence-electron chi connectivity index (χ3n) is 2.49. The van der Waals surface area contributed by atoms with Crippen LogP contribution in [0.15, 0.2) is 24.3 Å². The highest BCUT2D eigenvalue weighted by atomic mass is 19.4. The quantitative estimate of drug-likeness (QED) is 0.857. The molecule has 0 heterocycles. The van der Waals surface area contributed by atoms with Gasteiger partial charge in [0.1, 0.15) is 5.75 Å². The van der Waals surface area contributed by atoms with Gasteiger partial charge in [-0.2, -0.15) is 0 Å². The van der Waals surface area contributed by atoms with Gasteiger partial charge in [0.2, 0.25) is 0 Å². The van der Waals surface area contributed by atoms with Crippen molar-refractivity contribution in [1.29, 1.82) is 0 Å². The average Bonchev–Trinajstić information content (AvgIpc) is 2.25. The Hall–Kier alpha value is -1.43. The van der Waals surface area contributed by atoms with Gasteiger partial charge in [0.25, 0.3) is 0 Å². The second kappa shape index (κ2) is 5.95. The molecule has 6 heteroatoms. The molecule has 102 valence electrons. The molecule has 0 saturated carbocycles. The molecule has 0 unspecified atom stereocenters. The first-order valence-corrected chi connectivity index (χ1v) is 5.63. The number of anilines is 1. The molecule has 0 fully saturated rings. The molecule has 0 aliphatic rings. The van der Waals surface area contributed by atoms with E-state index in [9.17, 15) is 13.2 Å². The van der Waals surface area contributed by atoms with E-state index in [-0.39, 0.29) is 11.8 Å². The molecule has 0 radical (unpaired) electrons. The fourth-order valence-electron chi connectivity index (χ4n) is 1.25. The highest BCUT2D eigenvalue weighted by Gasteiger charge is 2.30. The summed E-state index contributed by atoms with van der Waals surface area (Å²) in [5, 5.41) is 3.05. The number of nitrogens with one attached hydrogen (secondary N) is 1. The zero-order valence-electron chi connectivity index (χ0n) is 10.3. The van der Waals surface area contributed by atoms with Gasteiger partial charge in [-0.3, -0.25) is 0 Å². The second-order valence-electron chi connectivity index (χ2n) is 4.36. The van der Waals surface area contributed by atoms with Crippen molar-refractivity contribution < 1.29 is 17.9 Å². The van der Waals surface area contributed by atoms with Crippen LogP contribution in [0.2, 0.25) is 0 Å². The van der Waals surface area contributed by atoms with Crippen LogP contribution in [0.25, 0.3) is 0 Å². The highest BCUT2D eigenvalue weighted by molar-refractivity contribution is 5.46. The van der Waals surface area contributed by atoms with Crippen LogP contribution >= 0.6 is 0 Å². The number of rotatable bonds is 5. The lowest BCUT2D eigenvalue weighted by atomic mass is 10.1. The van der Waals surface area contributed by atoms with Crippen LogP contribution in [0, 0.1) is 5.92 Å². The molecule has 0 spiro atoms. The number of nitrogens with two attached hydrogens (primary N) is 1. The Morgan fingerprint density at radius 2 is 1.78 bits per heavy atom. The lowest BCUT2D eigenvalue weighted by molar-refractivity contribution is -0.274. The topological polar surface area (TPSA) is 47.3 Å². The van der Waals surface area contributed by atoms with Gasteiger partial charge in [0.05, 0.1) is 0 Å². The Morgan fingerprint density at radius 1 is 1.22 bits per heavy atom. The molecule has 3 nitrogen and oxygen atoms in total. The van der Waals surface area contributed by atoms with Gasteiger partial charge < -0.3 is 15.8 Å². The Labute approximate surface area is 104 Å². The molecule has 1 aromatic carbocycles. The maximum Gasteiger partial charge on any atom is 0.573 e. The molecular formula is C12H17F3N2O. The van der Waals surface area contributed by atoms with E-state index in [1.165, 1.54) is 24.3 Å². The SMILES string of the molecule is CC(C)[C@H](N)CNc1ccc(OC(F)(F)F)cc1. The smallest absolute Gasteiger partial charge is 0.406 e. The van der Waals surface area contributed by atoms with Crippen molar-refractivity contribution in [3.63, 3.8) is 0 Å². The van der Waals surface area contributed by atoms with Gasteiger partial charge in [0, 0.05) is 18.3 Å². The van der Waals surface area contributed by atoms with Crippen molar-refractivity contribution in [2.75, 3.05) is 11.9 Å². The summed E-state index contributed by atoms with van der Waals surface area (Å²) in [5.74, 6) is 0.103. The molecule has 0 bridgehead atoms. The summed E-state index contributed by atoms with van der Waals surface area (Å²) in [6.07, 6.45) is -4.66. The summed E-state index contributed by atoms with van der Waals surface area (Å²) >= 11 is 0. The van der Waals surface area contributed by atoms with E-state index in [1.807, 2.05) is 13.8 Å². The highest BCUT2D eigenvalue weighted by Crippen LogP contribution is 2.23. The number of alkyl halides is 3. The van der Waals surface area contributed by atoms with Crippen molar-refractivity contribution in [2.45, 2.75) is 26.3 Å². The molecule has 18 heavy (non-hydrogen) atoms. The molecule has 1 atom stereocenters. The number of hydrogen-bond acceptors (Lipinski definition) is 3. The predicted octanol–water partition coefficient (Wildman–Crippen LogP) is 2.98. The Bertz CT molecular complexity index is 363. The van der Waals surface area contributed by atoms with Crippen LogP contribution in [0.4, 0.5) is 18.9 Å². The van der Waals surface area contributed by atoms with Gasteiger partial charge in [-0.15, -0.1) is 13.2 Å². The standard InChI is InChI=1S/C12H17F3N2O/c1-8(2)11(16)7-17-9-3-5-10(6-4-9)18-12(13,14)15/h3-6,8,11,17H,7,16H2,1-2H3/t11-/m1/s1. The maximum atomic E-state index is 11.9. The molecule has 0 aliphatic carbocycles. The third-order valence-corrected chi connectivity index (χ3v) is 2.49. The first-order chi connectivity index (χ1) is 8.28. The first-order valence-electron chi connectivity index (χ1n) is 5.63. The largest absolute Gasteiger partial charge is 0.573 e. The van der Waals surface area contributed by atoms with Crippen LogP contribution in [0.1, 0.15) is 13.8 Å². The van der Waals surface area contributed by atoms with Crippen LogP contribution < -0.4 is 15.8 Å². The van der Waals surface area contributed by atoms with E-state index in [4.69, 9.17) is 5.73 Å². The third kappa shape index (κ3) is 5.27. The minimum Gasteiger partial charge on any atom is -0.406 e. The number of ether oxygens (including phenoxy) is 1. The van der Waals surface area contributed by atoms with Crippen LogP contribution in [0.5, 0.6) is 5.75 Å². The van der Waals surface area contributed by atoms with Crippen LogP contribution in [-0.2, 0) is 0 Å². The molecule has 1 aromatic rings. The summed E-state index contributed by atoms with van der Waals surface area (Å²) in [6.45, 7) is 4.58. The van der Waals surface area contributed by atoms with Gasteiger partial charge in [0.15, 0.2) is 0 Å². The Kier molecular flexibility index (Phi) is 4.84. The number of halogens is 3. The maximum absolute atomic E-state index is 11.9. The fraction of sp³-hybridized carbons (Fsp3) is 0.500. The fourth-order valence-corrected chi connectivity index (χ4v) is 1.25. The molecule has 0 aliphatic heterocycles. The molecule has 0 saturated heterocycles. The van der Waals surface area contributed by atoms with E-state index < -0.39 is 6.36 Å². The Morgan fingerprint density at radius 3 is 2.22 bits per heavy atom. The zero-order chi connectivity index (χ0) is 13.8. The average molecular weight is 262 g/mol. The normalized spacial score (nSPS) is 13.5. The molecule has 1 rings (SSSR count). The summed E-state index contributed by atoms with van der Waals surface area (Å²) in [4.78, 5) is 0. The molecule has 0 amide bonds. The van der Waals surface area contributed by atoms with Crippen molar-refractivity contribution in [1.82, 2.24) is 0 Å². The van der Waals surface area contributed by atoms with Gasteiger partial charge >= 0.3 is 6.36 Å². The minimum atomic E-state index is -4.66. The van der Waals surface area contributed by atoms with Crippen molar-refractivity contribution in [3.05, 3.63) is 24.3 Å².